The van der Waals surface area contributed by atoms with Crippen molar-refractivity contribution in [1.82, 2.24) is 0 Å². The highest BCUT2D eigenvalue weighted by molar-refractivity contribution is 5.79. The van der Waals surface area contributed by atoms with Crippen LogP contribution in [0.5, 0.6) is 0 Å². The van der Waals surface area contributed by atoms with Crippen molar-refractivity contribution in [3.63, 3.8) is 0 Å². The van der Waals surface area contributed by atoms with Crippen molar-refractivity contribution in [2.24, 2.45) is 11.3 Å². The van der Waals surface area contributed by atoms with Crippen molar-refractivity contribution in [1.29, 1.82) is 0 Å². The van der Waals surface area contributed by atoms with Gasteiger partial charge in [-0.15, -0.1) is 0 Å². The highest BCUT2D eigenvalue weighted by atomic mass is 16.6. The van der Waals surface area contributed by atoms with Crippen LogP contribution >= 0.6 is 0 Å². The topological polar surface area (TPSA) is 55.8 Å². The number of carbonyl (C=O) groups is 1. The quantitative estimate of drug-likeness (QED) is 0.762. The van der Waals surface area contributed by atoms with Crippen LogP contribution < -0.4 is 0 Å². The molecule has 2 rings (SSSR count). The monoisotopic (exact) mass is 242 g/mol. The third-order valence-corrected chi connectivity index (χ3v) is 4.24. The normalized spacial score (nSPS) is 36.1. The lowest BCUT2D eigenvalue weighted by molar-refractivity contribution is -0.255. The fourth-order valence-electron chi connectivity index (χ4n) is 3.19. The molecule has 2 unspecified atom stereocenters. The van der Waals surface area contributed by atoms with E-state index in [4.69, 9.17) is 9.47 Å². The van der Waals surface area contributed by atoms with Gasteiger partial charge in [-0.1, -0.05) is 19.8 Å². The highest BCUT2D eigenvalue weighted by Gasteiger charge is 2.61. The van der Waals surface area contributed by atoms with Crippen molar-refractivity contribution < 1.29 is 19.4 Å². The van der Waals surface area contributed by atoms with Crippen LogP contribution in [-0.4, -0.2) is 36.5 Å². The molecule has 0 spiro atoms. The SMILES string of the molecule is CCOC(=O)C1(C2(O)COC2)CCCC(C)C1. The number of esters is 1. The third-order valence-electron chi connectivity index (χ3n) is 4.24. The van der Waals surface area contributed by atoms with E-state index in [1.165, 1.54) is 0 Å². The number of rotatable bonds is 3. The van der Waals surface area contributed by atoms with E-state index in [9.17, 15) is 9.90 Å². The maximum atomic E-state index is 12.3. The van der Waals surface area contributed by atoms with Crippen molar-refractivity contribution in [3.8, 4) is 0 Å². The van der Waals surface area contributed by atoms with Crippen LogP contribution in [-0.2, 0) is 14.3 Å². The molecule has 1 saturated carbocycles. The van der Waals surface area contributed by atoms with Gasteiger partial charge in [0.05, 0.1) is 19.8 Å². The van der Waals surface area contributed by atoms with E-state index >= 15 is 0 Å². The molecule has 17 heavy (non-hydrogen) atoms. The maximum absolute atomic E-state index is 12.3. The van der Waals surface area contributed by atoms with Crippen LogP contribution in [0, 0.1) is 11.3 Å². The summed E-state index contributed by atoms with van der Waals surface area (Å²) in [5.74, 6) is 0.218. The van der Waals surface area contributed by atoms with Gasteiger partial charge in [0, 0.05) is 0 Å². The summed E-state index contributed by atoms with van der Waals surface area (Å²) in [5.41, 5.74) is -1.74. The first kappa shape index (κ1) is 12.8. The molecule has 2 aliphatic rings. The summed E-state index contributed by atoms with van der Waals surface area (Å²) in [4.78, 5) is 12.3. The molecule has 2 atom stereocenters. The minimum Gasteiger partial charge on any atom is -0.465 e. The molecule has 98 valence electrons. The zero-order chi connectivity index (χ0) is 12.5. The molecule has 1 heterocycles. The zero-order valence-corrected chi connectivity index (χ0v) is 10.7. The Hall–Kier alpha value is -0.610. The van der Waals surface area contributed by atoms with Gasteiger partial charge in [0.2, 0.25) is 0 Å². The summed E-state index contributed by atoms with van der Waals surface area (Å²) in [5, 5.41) is 10.6. The van der Waals surface area contributed by atoms with Gasteiger partial charge in [0.25, 0.3) is 0 Å². The average Bonchev–Trinajstić information content (AvgIpc) is 2.26. The second-order valence-electron chi connectivity index (χ2n) is 5.53. The van der Waals surface area contributed by atoms with Crippen molar-refractivity contribution >= 4 is 5.97 Å². The first-order chi connectivity index (χ1) is 8.04. The Kier molecular flexibility index (Phi) is 3.46. The van der Waals surface area contributed by atoms with Crippen LogP contribution in [0.15, 0.2) is 0 Å². The molecule has 4 nitrogen and oxygen atoms in total. The summed E-state index contributed by atoms with van der Waals surface area (Å²) in [6.07, 6.45) is 3.53. The fourth-order valence-corrected chi connectivity index (χ4v) is 3.19. The molecule has 1 saturated heterocycles. The molecule has 0 amide bonds. The molecular weight excluding hydrogens is 220 g/mol. The lowest BCUT2D eigenvalue weighted by Crippen LogP contribution is -2.66. The van der Waals surface area contributed by atoms with Crippen LogP contribution in [0.25, 0.3) is 0 Å². The molecule has 0 aromatic rings. The van der Waals surface area contributed by atoms with Gasteiger partial charge >= 0.3 is 5.97 Å². The predicted octanol–water partition coefficient (Wildman–Crippen LogP) is 1.51. The van der Waals surface area contributed by atoms with Crippen LogP contribution in [0.1, 0.15) is 39.5 Å². The van der Waals surface area contributed by atoms with Gasteiger partial charge in [-0.05, 0) is 25.7 Å². The smallest absolute Gasteiger partial charge is 0.315 e. The lowest BCUT2D eigenvalue weighted by atomic mass is 9.60. The standard InChI is InChI=1S/C13H22O4/c1-3-17-11(14)12(13(15)8-16-9-13)6-4-5-10(2)7-12/h10,15H,3-9H2,1-2H3. The molecule has 0 bridgehead atoms. The van der Waals surface area contributed by atoms with Crippen LogP contribution in [0.3, 0.4) is 0 Å². The minimum atomic E-state index is -1.01. The van der Waals surface area contributed by atoms with E-state index in [-0.39, 0.29) is 19.2 Å². The Balaban J connectivity index is 2.24. The van der Waals surface area contributed by atoms with E-state index in [2.05, 4.69) is 6.92 Å². The van der Waals surface area contributed by atoms with Gasteiger partial charge in [-0.25, -0.2) is 0 Å². The van der Waals surface area contributed by atoms with Gasteiger partial charge in [0.1, 0.15) is 11.0 Å². The van der Waals surface area contributed by atoms with Crippen LogP contribution in [0.4, 0.5) is 0 Å². The third kappa shape index (κ3) is 1.97. The van der Waals surface area contributed by atoms with Gasteiger partial charge in [0.15, 0.2) is 0 Å². The minimum absolute atomic E-state index is 0.239. The molecule has 1 N–H and O–H groups in total. The summed E-state index contributed by atoms with van der Waals surface area (Å²) in [7, 11) is 0. The fraction of sp³-hybridized carbons (Fsp3) is 0.923. The Bertz CT molecular complexity index is 298. The molecular formula is C13H22O4. The zero-order valence-electron chi connectivity index (χ0n) is 10.7. The Morgan fingerprint density at radius 2 is 2.24 bits per heavy atom. The van der Waals surface area contributed by atoms with E-state index in [0.29, 0.717) is 18.9 Å². The molecule has 0 radical (unpaired) electrons. The van der Waals surface area contributed by atoms with Gasteiger partial charge in [-0.3, -0.25) is 4.79 Å². The molecule has 0 aromatic heterocycles. The Labute approximate surface area is 102 Å². The van der Waals surface area contributed by atoms with E-state index in [1.807, 2.05) is 0 Å². The van der Waals surface area contributed by atoms with Crippen molar-refractivity contribution in [2.45, 2.75) is 45.1 Å². The molecule has 1 aliphatic heterocycles. The highest BCUT2D eigenvalue weighted by Crippen LogP contribution is 2.50. The Morgan fingerprint density at radius 1 is 1.53 bits per heavy atom. The largest absolute Gasteiger partial charge is 0.465 e. The summed E-state index contributed by atoms with van der Waals surface area (Å²) < 4.78 is 10.3. The maximum Gasteiger partial charge on any atom is 0.315 e. The van der Waals surface area contributed by atoms with E-state index in [1.54, 1.807) is 6.92 Å². The number of hydrogen-bond acceptors (Lipinski definition) is 4. The first-order valence-corrected chi connectivity index (χ1v) is 6.51. The summed E-state index contributed by atoms with van der Waals surface area (Å²) in [6.45, 7) is 4.83. The molecule has 2 fully saturated rings. The van der Waals surface area contributed by atoms with E-state index in [0.717, 1.165) is 19.3 Å². The first-order valence-electron chi connectivity index (χ1n) is 6.51. The van der Waals surface area contributed by atoms with Gasteiger partial charge < -0.3 is 14.6 Å². The van der Waals surface area contributed by atoms with E-state index < -0.39 is 11.0 Å². The Morgan fingerprint density at radius 3 is 2.71 bits per heavy atom. The second-order valence-corrected chi connectivity index (χ2v) is 5.53. The van der Waals surface area contributed by atoms with Crippen LogP contribution in [0.2, 0.25) is 0 Å². The second kappa shape index (κ2) is 4.58. The van der Waals surface area contributed by atoms with Crippen molar-refractivity contribution in [2.75, 3.05) is 19.8 Å². The molecule has 4 heteroatoms. The number of ether oxygens (including phenoxy) is 2. The number of hydrogen-bond donors (Lipinski definition) is 1. The molecule has 1 aliphatic carbocycles. The summed E-state index contributed by atoms with van der Waals surface area (Å²) in [6, 6.07) is 0. The number of carbonyl (C=O) groups excluding carboxylic acids is 1. The number of aliphatic hydroxyl groups is 1. The molecule has 0 aromatic carbocycles. The van der Waals surface area contributed by atoms with Crippen molar-refractivity contribution in [3.05, 3.63) is 0 Å². The average molecular weight is 242 g/mol. The summed E-state index contributed by atoms with van der Waals surface area (Å²) >= 11 is 0. The lowest BCUT2D eigenvalue weighted by Gasteiger charge is -2.52. The predicted molar refractivity (Wildman–Crippen MR) is 62.5 cm³/mol. The van der Waals surface area contributed by atoms with Gasteiger partial charge in [-0.2, -0.15) is 0 Å².